The summed E-state index contributed by atoms with van der Waals surface area (Å²) >= 11 is 0. The minimum atomic E-state index is 0.826. The molecule has 2 aromatic heterocycles. The summed E-state index contributed by atoms with van der Waals surface area (Å²) in [5.41, 5.74) is 8.83. The molecule has 0 atom stereocenters. The summed E-state index contributed by atoms with van der Waals surface area (Å²) in [6.07, 6.45) is 10.3. The molecule has 3 heteroatoms. The lowest BCUT2D eigenvalue weighted by Crippen LogP contribution is -1.91. The first-order valence-electron chi connectivity index (χ1n) is 5.29. The summed E-state index contributed by atoms with van der Waals surface area (Å²) in [6, 6.07) is 4.01. The van der Waals surface area contributed by atoms with E-state index in [1.165, 1.54) is 5.56 Å². The number of rotatable bonds is 3. The molecule has 0 saturated carbocycles. The molecule has 3 nitrogen and oxygen atoms in total. The Hall–Kier alpha value is -2.03. The Kier molecular flexibility index (Phi) is 3.05. The third kappa shape index (κ3) is 1.98. The number of aromatic amines is 1. The average Bonchev–Trinajstić information content (AvgIpc) is 2.72. The number of nitrogens with two attached hydrogens (primary N) is 1. The van der Waals surface area contributed by atoms with Crippen LogP contribution in [0.5, 0.6) is 0 Å². The van der Waals surface area contributed by atoms with Gasteiger partial charge in [0, 0.05) is 24.2 Å². The van der Waals surface area contributed by atoms with Crippen LogP contribution in [0.15, 0.2) is 48.5 Å². The highest BCUT2D eigenvalue weighted by Gasteiger charge is 2.04. The van der Waals surface area contributed by atoms with Gasteiger partial charge in [0.2, 0.25) is 0 Å². The van der Waals surface area contributed by atoms with Gasteiger partial charge in [-0.15, -0.1) is 0 Å². The number of nitrogens with zero attached hydrogens (tertiary/aromatic N) is 1. The van der Waals surface area contributed by atoms with E-state index in [1.54, 1.807) is 12.4 Å². The molecule has 2 heterocycles. The second-order valence-electron chi connectivity index (χ2n) is 3.63. The van der Waals surface area contributed by atoms with Crippen molar-refractivity contribution < 1.29 is 0 Å². The minimum Gasteiger partial charge on any atom is -0.404 e. The van der Waals surface area contributed by atoms with Crippen molar-refractivity contribution in [2.45, 2.75) is 13.3 Å². The van der Waals surface area contributed by atoms with E-state index in [9.17, 15) is 0 Å². The van der Waals surface area contributed by atoms with Crippen LogP contribution >= 0.6 is 0 Å². The minimum absolute atomic E-state index is 0.826. The van der Waals surface area contributed by atoms with Gasteiger partial charge in [-0.1, -0.05) is 12.2 Å². The average molecular weight is 213 g/mol. The first kappa shape index (κ1) is 10.5. The molecule has 0 aliphatic heterocycles. The van der Waals surface area contributed by atoms with Crippen molar-refractivity contribution >= 4 is 11.0 Å². The van der Waals surface area contributed by atoms with Crippen LogP contribution in [0.2, 0.25) is 0 Å². The molecule has 0 aliphatic carbocycles. The summed E-state index contributed by atoms with van der Waals surface area (Å²) < 4.78 is 0. The van der Waals surface area contributed by atoms with E-state index in [0.29, 0.717) is 0 Å². The van der Waals surface area contributed by atoms with Crippen LogP contribution in [-0.2, 0) is 6.42 Å². The van der Waals surface area contributed by atoms with Crippen molar-refractivity contribution in [2.75, 3.05) is 0 Å². The third-order valence-corrected chi connectivity index (χ3v) is 2.53. The second-order valence-corrected chi connectivity index (χ2v) is 3.63. The van der Waals surface area contributed by atoms with E-state index < -0.39 is 0 Å². The number of hydrogen-bond acceptors (Lipinski definition) is 2. The van der Waals surface area contributed by atoms with E-state index in [4.69, 9.17) is 5.73 Å². The van der Waals surface area contributed by atoms with Crippen molar-refractivity contribution in [3.63, 3.8) is 0 Å². The Morgan fingerprint density at radius 1 is 1.56 bits per heavy atom. The van der Waals surface area contributed by atoms with Crippen LogP contribution < -0.4 is 5.73 Å². The molecule has 3 N–H and O–H groups in total. The van der Waals surface area contributed by atoms with E-state index >= 15 is 0 Å². The molecule has 2 aromatic rings. The number of nitrogens with one attached hydrogen (secondary N) is 1. The molecule has 0 unspecified atom stereocenters. The number of pyridine rings is 1. The van der Waals surface area contributed by atoms with Gasteiger partial charge in [-0.2, -0.15) is 0 Å². The zero-order valence-corrected chi connectivity index (χ0v) is 9.27. The van der Waals surface area contributed by atoms with Gasteiger partial charge in [-0.05, 0) is 36.4 Å². The predicted molar refractivity (Wildman–Crippen MR) is 66.9 cm³/mol. The van der Waals surface area contributed by atoms with Crippen LogP contribution in [0.4, 0.5) is 0 Å². The molecular weight excluding hydrogens is 198 g/mol. The highest BCUT2D eigenvalue weighted by molar-refractivity contribution is 5.79. The highest BCUT2D eigenvalue weighted by Crippen LogP contribution is 2.19. The molecule has 0 saturated heterocycles. The van der Waals surface area contributed by atoms with Crippen LogP contribution in [0, 0.1) is 0 Å². The fourth-order valence-corrected chi connectivity index (χ4v) is 1.77. The number of hydrogen-bond donors (Lipinski definition) is 2. The van der Waals surface area contributed by atoms with Gasteiger partial charge < -0.3 is 10.7 Å². The predicted octanol–water partition coefficient (Wildman–Crippen LogP) is 2.52. The molecular formula is C13H15N3. The topological polar surface area (TPSA) is 54.7 Å². The molecule has 0 radical (unpaired) electrons. The van der Waals surface area contributed by atoms with Crippen LogP contribution in [0.25, 0.3) is 11.0 Å². The number of H-pyrrole nitrogens is 1. The maximum atomic E-state index is 5.58. The standard InChI is InChI=1S/C13H15N3/c1-2-4-10(8-14)7-11-9-16-13-12(11)5-3-6-15-13/h2-6,8-9H,7,14H2,1H3,(H,15,16)/b4-2-,10-8+. The third-order valence-electron chi connectivity index (χ3n) is 2.53. The fourth-order valence-electron chi connectivity index (χ4n) is 1.77. The molecule has 0 aromatic carbocycles. The normalized spacial score (nSPS) is 12.7. The lowest BCUT2D eigenvalue weighted by Gasteiger charge is -1.99. The van der Waals surface area contributed by atoms with E-state index in [1.807, 2.05) is 31.3 Å². The van der Waals surface area contributed by atoms with E-state index in [0.717, 1.165) is 23.0 Å². The summed E-state index contributed by atoms with van der Waals surface area (Å²) in [4.78, 5) is 7.41. The zero-order chi connectivity index (χ0) is 11.4. The molecule has 0 amide bonds. The zero-order valence-electron chi connectivity index (χ0n) is 9.27. The van der Waals surface area contributed by atoms with Crippen molar-refractivity contribution in [3.05, 3.63) is 54.0 Å². The van der Waals surface area contributed by atoms with Gasteiger partial charge in [0.1, 0.15) is 5.65 Å². The Labute approximate surface area is 94.7 Å². The van der Waals surface area contributed by atoms with E-state index in [2.05, 4.69) is 16.0 Å². The SMILES string of the molecule is C/C=C\C(=C/N)Cc1c[nH]c2ncccc12. The first-order valence-corrected chi connectivity index (χ1v) is 5.29. The molecule has 0 fully saturated rings. The number of allylic oxidation sites excluding steroid dienone is 3. The van der Waals surface area contributed by atoms with Crippen LogP contribution in [0.1, 0.15) is 12.5 Å². The fraction of sp³-hybridized carbons (Fsp3) is 0.154. The number of fused-ring (bicyclic) bond motifs is 1. The maximum absolute atomic E-state index is 5.58. The van der Waals surface area contributed by atoms with Gasteiger partial charge in [-0.3, -0.25) is 0 Å². The van der Waals surface area contributed by atoms with Gasteiger partial charge in [0.05, 0.1) is 0 Å². The lowest BCUT2D eigenvalue weighted by molar-refractivity contribution is 1.19. The van der Waals surface area contributed by atoms with Crippen molar-refractivity contribution in [1.29, 1.82) is 0 Å². The Balaban J connectivity index is 2.34. The largest absolute Gasteiger partial charge is 0.404 e. The monoisotopic (exact) mass is 213 g/mol. The molecule has 0 aliphatic rings. The maximum Gasteiger partial charge on any atom is 0.137 e. The van der Waals surface area contributed by atoms with Gasteiger partial charge in [-0.25, -0.2) is 4.98 Å². The van der Waals surface area contributed by atoms with Crippen molar-refractivity contribution in [3.8, 4) is 0 Å². The Morgan fingerprint density at radius 2 is 2.44 bits per heavy atom. The Morgan fingerprint density at radius 3 is 3.19 bits per heavy atom. The van der Waals surface area contributed by atoms with Crippen molar-refractivity contribution in [2.24, 2.45) is 5.73 Å². The Bertz CT molecular complexity index is 535. The molecule has 2 rings (SSSR count). The molecule has 0 bridgehead atoms. The summed E-state index contributed by atoms with van der Waals surface area (Å²) in [6.45, 7) is 1.99. The van der Waals surface area contributed by atoms with Crippen LogP contribution in [0.3, 0.4) is 0 Å². The molecule has 0 spiro atoms. The molecule has 16 heavy (non-hydrogen) atoms. The number of aromatic nitrogens is 2. The van der Waals surface area contributed by atoms with Crippen LogP contribution in [-0.4, -0.2) is 9.97 Å². The molecule has 82 valence electrons. The van der Waals surface area contributed by atoms with E-state index in [-0.39, 0.29) is 0 Å². The summed E-state index contributed by atoms with van der Waals surface area (Å²) in [5, 5.41) is 1.16. The first-order chi connectivity index (χ1) is 7.85. The quantitative estimate of drug-likeness (QED) is 0.770. The highest BCUT2D eigenvalue weighted by atomic mass is 14.8. The van der Waals surface area contributed by atoms with Gasteiger partial charge in [0.15, 0.2) is 0 Å². The smallest absolute Gasteiger partial charge is 0.137 e. The summed E-state index contributed by atoms with van der Waals surface area (Å²) in [7, 11) is 0. The second kappa shape index (κ2) is 4.66. The van der Waals surface area contributed by atoms with Gasteiger partial charge >= 0.3 is 0 Å². The summed E-state index contributed by atoms with van der Waals surface area (Å²) in [5.74, 6) is 0. The lowest BCUT2D eigenvalue weighted by atomic mass is 10.1. The van der Waals surface area contributed by atoms with Gasteiger partial charge in [0.25, 0.3) is 0 Å². The van der Waals surface area contributed by atoms with Crippen molar-refractivity contribution in [1.82, 2.24) is 9.97 Å².